The number of hydrogen-bond acceptors (Lipinski definition) is 2. The van der Waals surface area contributed by atoms with Crippen molar-refractivity contribution in [3.05, 3.63) is 77.9 Å². The van der Waals surface area contributed by atoms with Crippen molar-refractivity contribution in [1.82, 2.24) is 4.98 Å². The molecule has 2 heterocycles. The largest absolute Gasteiger partial charge is 0.456 e. The average molecular weight is 361 g/mol. The smallest absolute Gasteiger partial charge is 0.137 e. The first-order valence-electron chi connectivity index (χ1n) is 10.2. The topological polar surface area (TPSA) is 26.0 Å². The van der Waals surface area contributed by atoms with E-state index < -0.39 is 0 Å². The highest BCUT2D eigenvalue weighted by Gasteiger charge is 2.40. The van der Waals surface area contributed by atoms with Gasteiger partial charge in [0, 0.05) is 27.8 Å². The summed E-state index contributed by atoms with van der Waals surface area (Å²) in [6.07, 6.45) is 3.91. The first-order chi connectivity index (χ1) is 13.9. The molecule has 2 aromatic heterocycles. The maximum absolute atomic E-state index is 6.15. The highest BCUT2D eigenvalue weighted by atomic mass is 16.3. The summed E-state index contributed by atoms with van der Waals surface area (Å²) in [5, 5.41) is 3.74. The molecule has 3 aromatic carbocycles. The summed E-state index contributed by atoms with van der Waals surface area (Å²) in [7, 11) is 0. The molecule has 28 heavy (non-hydrogen) atoms. The van der Waals surface area contributed by atoms with Gasteiger partial charge in [-0.2, -0.15) is 0 Å². The lowest BCUT2D eigenvalue weighted by molar-refractivity contribution is 0.669. The number of nitrogens with zero attached hydrogens (tertiary/aromatic N) is 1. The summed E-state index contributed by atoms with van der Waals surface area (Å²) in [6.45, 7) is 0. The van der Waals surface area contributed by atoms with Gasteiger partial charge < -0.3 is 4.42 Å². The fraction of sp³-hybridized carbons (Fsp3) is 0.192. The van der Waals surface area contributed by atoms with Crippen molar-refractivity contribution in [2.75, 3.05) is 0 Å². The number of rotatable bonds is 1. The molecule has 0 aliphatic heterocycles. The number of pyridine rings is 1. The third-order valence-electron chi connectivity index (χ3n) is 6.86. The van der Waals surface area contributed by atoms with Gasteiger partial charge in [0.25, 0.3) is 0 Å². The van der Waals surface area contributed by atoms with Gasteiger partial charge in [0.15, 0.2) is 0 Å². The molecule has 2 aliphatic carbocycles. The van der Waals surface area contributed by atoms with E-state index in [4.69, 9.17) is 9.40 Å². The van der Waals surface area contributed by atoms with E-state index in [0.29, 0.717) is 11.8 Å². The van der Waals surface area contributed by atoms with E-state index in [1.165, 1.54) is 52.2 Å². The van der Waals surface area contributed by atoms with E-state index >= 15 is 0 Å². The molecule has 5 aromatic rings. The maximum atomic E-state index is 6.15. The second-order valence-corrected chi connectivity index (χ2v) is 8.32. The van der Waals surface area contributed by atoms with Crippen molar-refractivity contribution in [3.8, 4) is 11.3 Å². The first kappa shape index (κ1) is 14.9. The van der Waals surface area contributed by atoms with Crippen LogP contribution in [0.2, 0.25) is 0 Å². The van der Waals surface area contributed by atoms with Crippen LogP contribution in [0.5, 0.6) is 0 Å². The Morgan fingerprint density at radius 2 is 1.50 bits per heavy atom. The summed E-state index contributed by atoms with van der Waals surface area (Å²) in [4.78, 5) is 5.20. The molecule has 1 fully saturated rings. The Morgan fingerprint density at radius 3 is 2.39 bits per heavy atom. The minimum absolute atomic E-state index is 0.670. The van der Waals surface area contributed by atoms with Crippen molar-refractivity contribution in [2.45, 2.75) is 31.1 Å². The van der Waals surface area contributed by atoms with Gasteiger partial charge in [-0.1, -0.05) is 48.5 Å². The molecule has 0 saturated heterocycles. The Labute approximate surface area is 162 Å². The number of para-hydroxylation sites is 1. The lowest BCUT2D eigenvalue weighted by Gasteiger charge is -2.21. The minimum atomic E-state index is 0.670. The lowest BCUT2D eigenvalue weighted by atomic mass is 9.86. The molecule has 0 amide bonds. The first-order valence-corrected chi connectivity index (χ1v) is 10.2. The normalized spacial score (nSPS) is 20.4. The summed E-state index contributed by atoms with van der Waals surface area (Å²) >= 11 is 0. The fourth-order valence-electron chi connectivity index (χ4n) is 5.70. The standard InChI is InChI=1S/C26H19NO/c1-2-6-15(7-3-1)26-25-17-11-10-16(12-17)24(25)20-13-19-18-8-4-5-9-22(18)28-23(19)14-21(20)27-26/h1-9,13-14,16-17H,10-12H2. The van der Waals surface area contributed by atoms with E-state index in [9.17, 15) is 0 Å². The molecule has 2 aliphatic rings. The molecule has 0 spiro atoms. The summed E-state index contributed by atoms with van der Waals surface area (Å²) < 4.78 is 6.15. The predicted octanol–water partition coefficient (Wildman–Crippen LogP) is 7.17. The summed E-state index contributed by atoms with van der Waals surface area (Å²) in [5.74, 6) is 1.35. The van der Waals surface area contributed by atoms with Crippen LogP contribution in [0.3, 0.4) is 0 Å². The molecule has 2 unspecified atom stereocenters. The second kappa shape index (κ2) is 5.23. The van der Waals surface area contributed by atoms with Crippen LogP contribution in [0.15, 0.2) is 71.1 Å². The van der Waals surface area contributed by atoms with Gasteiger partial charge in [-0.25, -0.2) is 4.98 Å². The van der Waals surface area contributed by atoms with Gasteiger partial charge in [0.05, 0.1) is 11.2 Å². The number of furan rings is 1. The van der Waals surface area contributed by atoms with Crippen LogP contribution < -0.4 is 0 Å². The quantitative estimate of drug-likeness (QED) is 0.316. The van der Waals surface area contributed by atoms with E-state index in [1.54, 1.807) is 5.56 Å². The molecule has 2 atom stereocenters. The molecule has 0 radical (unpaired) electrons. The van der Waals surface area contributed by atoms with E-state index in [0.717, 1.165) is 16.7 Å². The molecule has 0 N–H and O–H groups in total. The van der Waals surface area contributed by atoms with Gasteiger partial charge in [0.2, 0.25) is 0 Å². The van der Waals surface area contributed by atoms with Crippen LogP contribution in [-0.2, 0) is 0 Å². The number of hydrogen-bond donors (Lipinski definition) is 0. The molecular formula is C26H19NO. The third kappa shape index (κ3) is 1.85. The van der Waals surface area contributed by atoms with Gasteiger partial charge >= 0.3 is 0 Å². The number of benzene rings is 3. The van der Waals surface area contributed by atoms with Crippen LogP contribution in [0.25, 0.3) is 44.1 Å². The van der Waals surface area contributed by atoms with Crippen LogP contribution in [0.4, 0.5) is 0 Å². The zero-order valence-corrected chi connectivity index (χ0v) is 15.5. The van der Waals surface area contributed by atoms with Crippen molar-refractivity contribution in [3.63, 3.8) is 0 Å². The number of aromatic nitrogens is 1. The summed E-state index contributed by atoms with van der Waals surface area (Å²) in [5.41, 5.74) is 8.45. The third-order valence-corrected chi connectivity index (χ3v) is 6.86. The van der Waals surface area contributed by atoms with Crippen LogP contribution in [0, 0.1) is 0 Å². The summed E-state index contributed by atoms with van der Waals surface area (Å²) in [6, 6.07) is 23.5. The van der Waals surface area contributed by atoms with Gasteiger partial charge in [-0.3, -0.25) is 0 Å². The Balaban J connectivity index is 1.63. The molecular weight excluding hydrogens is 342 g/mol. The SMILES string of the molecule is c1ccc(-c2nc3cc4oc5ccccc5c4cc3c3c2C2CCC3C2)cc1. The Hall–Kier alpha value is -3.13. The second-order valence-electron chi connectivity index (χ2n) is 8.32. The fourth-order valence-corrected chi connectivity index (χ4v) is 5.70. The molecule has 2 bridgehead atoms. The van der Waals surface area contributed by atoms with Crippen LogP contribution in [0.1, 0.15) is 42.2 Å². The lowest BCUT2D eigenvalue weighted by Crippen LogP contribution is -2.04. The minimum Gasteiger partial charge on any atom is -0.456 e. The zero-order chi connectivity index (χ0) is 18.2. The number of fused-ring (bicyclic) bond motifs is 10. The molecule has 134 valence electrons. The van der Waals surface area contributed by atoms with Crippen LogP contribution >= 0.6 is 0 Å². The van der Waals surface area contributed by atoms with Gasteiger partial charge in [-0.15, -0.1) is 0 Å². The van der Waals surface area contributed by atoms with Crippen molar-refractivity contribution < 1.29 is 4.42 Å². The van der Waals surface area contributed by atoms with Crippen LogP contribution in [-0.4, -0.2) is 4.98 Å². The average Bonchev–Trinajstić information content (AvgIpc) is 3.45. The maximum Gasteiger partial charge on any atom is 0.137 e. The predicted molar refractivity (Wildman–Crippen MR) is 114 cm³/mol. The Bertz CT molecular complexity index is 1400. The van der Waals surface area contributed by atoms with Gasteiger partial charge in [-0.05, 0) is 54.4 Å². The monoisotopic (exact) mass is 361 g/mol. The van der Waals surface area contributed by atoms with E-state index in [1.807, 2.05) is 6.07 Å². The molecule has 7 rings (SSSR count). The van der Waals surface area contributed by atoms with E-state index in [2.05, 4.69) is 60.7 Å². The van der Waals surface area contributed by atoms with Crippen molar-refractivity contribution >= 4 is 32.8 Å². The van der Waals surface area contributed by atoms with E-state index in [-0.39, 0.29) is 0 Å². The molecule has 2 nitrogen and oxygen atoms in total. The molecule has 2 heteroatoms. The molecule has 1 saturated carbocycles. The van der Waals surface area contributed by atoms with Gasteiger partial charge in [0.1, 0.15) is 11.2 Å². The Kier molecular flexibility index (Phi) is 2.78. The van der Waals surface area contributed by atoms with Crippen molar-refractivity contribution in [2.24, 2.45) is 0 Å². The zero-order valence-electron chi connectivity index (χ0n) is 15.5. The highest BCUT2D eigenvalue weighted by Crippen LogP contribution is 2.57. The highest BCUT2D eigenvalue weighted by molar-refractivity contribution is 6.10. The Morgan fingerprint density at radius 1 is 0.714 bits per heavy atom. The van der Waals surface area contributed by atoms with Crippen molar-refractivity contribution in [1.29, 1.82) is 0 Å².